The third-order valence-electron chi connectivity index (χ3n) is 0.973. The van der Waals surface area contributed by atoms with Gasteiger partial charge in [-0.05, 0) is 6.08 Å². The Morgan fingerprint density at radius 2 is 2.50 bits per heavy atom. The molecule has 0 aliphatic carbocycles. The SMILES string of the molecule is NC(=O)C1=CC=NCN1.[KH]. The van der Waals surface area contributed by atoms with Gasteiger partial charge in [0.2, 0.25) is 0 Å². The van der Waals surface area contributed by atoms with Crippen molar-refractivity contribution in [3.05, 3.63) is 11.8 Å². The molecule has 0 aromatic carbocycles. The van der Waals surface area contributed by atoms with Crippen LogP contribution in [0.15, 0.2) is 16.8 Å². The van der Waals surface area contributed by atoms with E-state index in [4.69, 9.17) is 5.73 Å². The van der Waals surface area contributed by atoms with Gasteiger partial charge in [0.1, 0.15) is 12.4 Å². The molecule has 3 N–H and O–H groups in total. The Bertz CT molecular complexity index is 187. The van der Waals surface area contributed by atoms with Gasteiger partial charge in [-0.3, -0.25) is 9.79 Å². The fraction of sp³-hybridized carbons (Fsp3) is 0.200. The molecule has 1 aliphatic heterocycles. The molecule has 1 rings (SSSR count). The van der Waals surface area contributed by atoms with Crippen LogP contribution in [0.2, 0.25) is 0 Å². The monoisotopic (exact) mass is 165 g/mol. The van der Waals surface area contributed by atoms with Crippen LogP contribution in [-0.2, 0) is 4.79 Å². The first-order chi connectivity index (χ1) is 4.30. The molecule has 1 heterocycles. The van der Waals surface area contributed by atoms with Crippen molar-refractivity contribution in [2.75, 3.05) is 6.67 Å². The summed E-state index contributed by atoms with van der Waals surface area (Å²) in [4.78, 5) is 14.2. The van der Waals surface area contributed by atoms with Gasteiger partial charge in [-0.15, -0.1) is 0 Å². The summed E-state index contributed by atoms with van der Waals surface area (Å²) in [6.45, 7) is 0.439. The number of carbonyl (C=O) groups is 1. The Balaban J connectivity index is 0.000000810. The molecule has 0 atom stereocenters. The van der Waals surface area contributed by atoms with Crippen LogP contribution in [0.5, 0.6) is 0 Å². The minimum atomic E-state index is -0.443. The van der Waals surface area contributed by atoms with Crippen LogP contribution in [0.3, 0.4) is 0 Å². The van der Waals surface area contributed by atoms with Crippen molar-refractivity contribution in [2.45, 2.75) is 0 Å². The molecule has 5 heteroatoms. The van der Waals surface area contributed by atoms with E-state index in [1.54, 1.807) is 12.3 Å². The molecule has 0 saturated heterocycles. The molecule has 0 radical (unpaired) electrons. The molecule has 0 aromatic rings. The topological polar surface area (TPSA) is 67.5 Å². The van der Waals surface area contributed by atoms with E-state index in [1.807, 2.05) is 0 Å². The van der Waals surface area contributed by atoms with E-state index in [1.165, 1.54) is 0 Å². The van der Waals surface area contributed by atoms with Gasteiger partial charge in [0.25, 0.3) is 5.91 Å². The maximum absolute atomic E-state index is 10.4. The average molecular weight is 165 g/mol. The summed E-state index contributed by atoms with van der Waals surface area (Å²) in [6.07, 6.45) is 3.10. The van der Waals surface area contributed by atoms with Crippen molar-refractivity contribution in [3.63, 3.8) is 0 Å². The van der Waals surface area contributed by atoms with Crippen molar-refractivity contribution in [3.8, 4) is 0 Å². The number of primary amides is 1. The van der Waals surface area contributed by atoms with Gasteiger partial charge in [0, 0.05) is 6.21 Å². The van der Waals surface area contributed by atoms with Crippen LogP contribution in [0.1, 0.15) is 0 Å². The van der Waals surface area contributed by atoms with E-state index >= 15 is 0 Å². The van der Waals surface area contributed by atoms with Gasteiger partial charge >= 0.3 is 51.4 Å². The number of nitrogens with one attached hydrogen (secondary N) is 1. The van der Waals surface area contributed by atoms with Crippen molar-refractivity contribution in [1.82, 2.24) is 5.32 Å². The van der Waals surface area contributed by atoms with Gasteiger partial charge in [-0.1, -0.05) is 0 Å². The maximum atomic E-state index is 10.4. The first-order valence-electron chi connectivity index (χ1n) is 2.54. The fourth-order valence-electron chi connectivity index (χ4n) is 0.539. The molecule has 1 amide bonds. The number of aliphatic imine (C=N–C) groups is 1. The second kappa shape index (κ2) is 5.03. The predicted molar refractivity (Wildman–Crippen MR) is 40.9 cm³/mol. The number of rotatable bonds is 1. The van der Waals surface area contributed by atoms with E-state index < -0.39 is 5.91 Å². The number of nitrogens with two attached hydrogens (primary N) is 1. The normalized spacial score (nSPS) is 14.6. The first kappa shape index (κ1) is 10.3. The average Bonchev–Trinajstić information content (AvgIpc) is 1.90. The Morgan fingerprint density at radius 1 is 1.80 bits per heavy atom. The van der Waals surface area contributed by atoms with Crippen LogP contribution in [0, 0.1) is 0 Å². The summed E-state index contributed by atoms with van der Waals surface area (Å²) in [6, 6.07) is 0. The van der Waals surface area contributed by atoms with Gasteiger partial charge < -0.3 is 11.1 Å². The fourth-order valence-corrected chi connectivity index (χ4v) is 0.539. The Hall–Kier alpha value is 0.316. The molecule has 4 nitrogen and oxygen atoms in total. The zero-order chi connectivity index (χ0) is 6.69. The number of hydrogen-bond donors (Lipinski definition) is 2. The third kappa shape index (κ3) is 2.93. The second-order valence-corrected chi connectivity index (χ2v) is 1.61. The molecule has 50 valence electrons. The third-order valence-corrected chi connectivity index (χ3v) is 0.973. The van der Waals surface area contributed by atoms with E-state index in [2.05, 4.69) is 10.3 Å². The molecule has 0 spiro atoms. The van der Waals surface area contributed by atoms with Crippen molar-refractivity contribution in [1.29, 1.82) is 0 Å². The summed E-state index contributed by atoms with van der Waals surface area (Å²) < 4.78 is 0. The molecule has 0 bridgehead atoms. The molecular formula is C5H8KN3O. The molecular weight excluding hydrogens is 157 g/mol. The van der Waals surface area contributed by atoms with E-state index in [0.717, 1.165) is 0 Å². The Morgan fingerprint density at radius 3 is 2.80 bits per heavy atom. The standard InChI is InChI=1S/C5H7N3O.K.H/c6-5(9)4-1-2-7-3-8-4;;/h1-2,8H,3H2,(H2,6,9);;. The quantitative estimate of drug-likeness (QED) is 0.457. The number of amides is 1. The molecule has 10 heavy (non-hydrogen) atoms. The molecule has 0 aromatic heterocycles. The van der Waals surface area contributed by atoms with Crippen LogP contribution in [0.25, 0.3) is 0 Å². The zero-order valence-electron chi connectivity index (χ0n) is 4.79. The van der Waals surface area contributed by atoms with Crippen LogP contribution in [0.4, 0.5) is 0 Å². The molecule has 0 saturated carbocycles. The van der Waals surface area contributed by atoms with Gasteiger partial charge in [0.15, 0.2) is 0 Å². The second-order valence-electron chi connectivity index (χ2n) is 1.61. The first-order valence-corrected chi connectivity index (χ1v) is 2.54. The van der Waals surface area contributed by atoms with Gasteiger partial charge in [0.05, 0.1) is 0 Å². The van der Waals surface area contributed by atoms with Crippen LogP contribution in [-0.4, -0.2) is 70.2 Å². The molecule has 1 aliphatic rings. The van der Waals surface area contributed by atoms with Crippen molar-refractivity contribution in [2.24, 2.45) is 10.7 Å². The minimum absolute atomic E-state index is 0. The van der Waals surface area contributed by atoms with E-state index in [0.29, 0.717) is 12.4 Å². The van der Waals surface area contributed by atoms with E-state index in [9.17, 15) is 4.79 Å². The summed E-state index contributed by atoms with van der Waals surface area (Å²) >= 11 is 0. The molecule has 0 fully saturated rings. The van der Waals surface area contributed by atoms with Gasteiger partial charge in [-0.25, -0.2) is 0 Å². The van der Waals surface area contributed by atoms with E-state index in [-0.39, 0.29) is 51.4 Å². The van der Waals surface area contributed by atoms with Crippen LogP contribution >= 0.6 is 0 Å². The number of carbonyl (C=O) groups excluding carboxylic acids is 1. The predicted octanol–water partition coefficient (Wildman–Crippen LogP) is -1.66. The van der Waals surface area contributed by atoms with Crippen molar-refractivity contribution >= 4 is 63.5 Å². The van der Waals surface area contributed by atoms with Crippen molar-refractivity contribution < 1.29 is 4.79 Å². The summed E-state index contributed by atoms with van der Waals surface area (Å²) in [5.41, 5.74) is 5.36. The number of nitrogens with zero attached hydrogens (tertiary/aromatic N) is 1. The van der Waals surface area contributed by atoms with Crippen LogP contribution < -0.4 is 11.1 Å². The Labute approximate surface area is 101 Å². The number of allylic oxidation sites excluding steroid dienone is 1. The number of hydrogen-bond acceptors (Lipinski definition) is 3. The summed E-state index contributed by atoms with van der Waals surface area (Å²) in [7, 11) is 0. The van der Waals surface area contributed by atoms with Gasteiger partial charge in [-0.2, -0.15) is 0 Å². The summed E-state index contributed by atoms with van der Waals surface area (Å²) in [5, 5.41) is 2.71. The summed E-state index contributed by atoms with van der Waals surface area (Å²) in [5.74, 6) is -0.443. The zero-order valence-corrected chi connectivity index (χ0v) is 4.79. The molecule has 0 unspecified atom stereocenters. The Kier molecular flexibility index (Phi) is 5.19.